The fourth-order valence-corrected chi connectivity index (χ4v) is 3.13. The average Bonchev–Trinajstić information content (AvgIpc) is 2.61. The average molecular weight is 415 g/mol. The molecule has 4 nitrogen and oxygen atoms in total. The molecule has 0 bridgehead atoms. The number of amides is 1. The Morgan fingerprint density at radius 1 is 1.21 bits per heavy atom. The lowest BCUT2D eigenvalue weighted by Gasteiger charge is -2.32. The number of carbonyl (C=O) groups excluding carboxylic acids is 1. The molecule has 1 atom stereocenters. The van der Waals surface area contributed by atoms with Gasteiger partial charge in [0.05, 0.1) is 10.6 Å². The summed E-state index contributed by atoms with van der Waals surface area (Å²) in [5.74, 6) is -0.937. The topological polar surface area (TPSA) is 42.4 Å². The van der Waals surface area contributed by atoms with E-state index in [1.807, 2.05) is 19.9 Å². The minimum Gasteiger partial charge on any atom is -0.405 e. The van der Waals surface area contributed by atoms with Gasteiger partial charge in [0.2, 0.25) is 0 Å². The van der Waals surface area contributed by atoms with E-state index in [0.717, 1.165) is 11.8 Å². The second-order valence-corrected chi connectivity index (χ2v) is 7.21. The molecule has 0 saturated carbocycles. The fourth-order valence-electron chi connectivity index (χ4n) is 3.02. The predicted molar refractivity (Wildman–Crippen MR) is 101 cm³/mol. The van der Waals surface area contributed by atoms with Crippen LogP contribution in [0.5, 0.6) is 5.75 Å². The van der Waals surface area contributed by atoms with Gasteiger partial charge in [-0.15, -0.1) is 13.2 Å². The number of rotatable bonds is 7. The van der Waals surface area contributed by atoms with E-state index in [2.05, 4.69) is 9.72 Å². The zero-order valence-corrected chi connectivity index (χ0v) is 16.6. The van der Waals surface area contributed by atoms with Crippen molar-refractivity contribution >= 4 is 17.5 Å². The molecular weight excluding hydrogens is 393 g/mol. The van der Waals surface area contributed by atoms with E-state index < -0.39 is 18.0 Å². The number of halogens is 4. The summed E-state index contributed by atoms with van der Waals surface area (Å²) < 4.78 is 42.0. The van der Waals surface area contributed by atoms with Gasteiger partial charge in [-0.05, 0) is 43.0 Å². The molecular formula is C20H22ClF3N2O2. The molecule has 0 unspecified atom stereocenters. The van der Waals surface area contributed by atoms with Gasteiger partial charge in [0.15, 0.2) is 0 Å². The standard InChI is InChI=1S/C20H22ClF3N2O2/c1-13(2)17(11-10-15-9-8-14(21)12-25-15)26(3)19(27)16-6-4-5-7-18(16)28-20(22,23)24/h4-9,12-13,17H,10-11H2,1-3H3/t17-/m1/s1. The minimum atomic E-state index is -4.87. The summed E-state index contributed by atoms with van der Waals surface area (Å²) in [6.45, 7) is 3.92. The van der Waals surface area contributed by atoms with Gasteiger partial charge in [0.25, 0.3) is 5.91 Å². The van der Waals surface area contributed by atoms with Crippen LogP contribution in [-0.4, -0.2) is 35.2 Å². The summed E-state index contributed by atoms with van der Waals surface area (Å²) in [7, 11) is 1.59. The van der Waals surface area contributed by atoms with Crippen LogP contribution >= 0.6 is 11.6 Å². The predicted octanol–water partition coefficient (Wildman–Crippen LogP) is 5.36. The Morgan fingerprint density at radius 3 is 2.46 bits per heavy atom. The van der Waals surface area contributed by atoms with Gasteiger partial charge in [-0.25, -0.2) is 0 Å². The fraction of sp³-hybridized carbons (Fsp3) is 0.400. The number of para-hydroxylation sites is 1. The lowest BCUT2D eigenvalue weighted by molar-refractivity contribution is -0.274. The number of ether oxygens (including phenoxy) is 1. The zero-order chi connectivity index (χ0) is 20.9. The molecule has 8 heteroatoms. The van der Waals surface area contributed by atoms with Crippen LogP contribution in [-0.2, 0) is 6.42 Å². The Labute approximate surface area is 167 Å². The lowest BCUT2D eigenvalue weighted by Crippen LogP contribution is -2.41. The first-order valence-electron chi connectivity index (χ1n) is 8.81. The number of benzene rings is 1. The molecule has 0 aliphatic rings. The van der Waals surface area contributed by atoms with Gasteiger partial charge < -0.3 is 9.64 Å². The number of hydrogen-bond donors (Lipinski definition) is 0. The largest absolute Gasteiger partial charge is 0.573 e. The van der Waals surface area contributed by atoms with E-state index in [4.69, 9.17) is 11.6 Å². The van der Waals surface area contributed by atoms with Crippen LogP contribution < -0.4 is 4.74 Å². The van der Waals surface area contributed by atoms with Crippen LogP contribution in [0.3, 0.4) is 0 Å². The summed E-state index contributed by atoms with van der Waals surface area (Å²) >= 11 is 5.84. The maximum atomic E-state index is 12.9. The van der Waals surface area contributed by atoms with Gasteiger partial charge in [-0.2, -0.15) is 0 Å². The summed E-state index contributed by atoms with van der Waals surface area (Å²) in [6.07, 6.45) is -2.09. The van der Waals surface area contributed by atoms with Crippen molar-refractivity contribution in [3.63, 3.8) is 0 Å². The van der Waals surface area contributed by atoms with E-state index in [0.29, 0.717) is 17.9 Å². The maximum Gasteiger partial charge on any atom is 0.573 e. The number of pyridine rings is 1. The molecule has 0 aliphatic carbocycles. The molecule has 0 radical (unpaired) electrons. The first-order chi connectivity index (χ1) is 13.1. The third-order valence-corrected chi connectivity index (χ3v) is 4.64. The highest BCUT2D eigenvalue weighted by Gasteiger charge is 2.34. The van der Waals surface area contributed by atoms with Gasteiger partial charge >= 0.3 is 6.36 Å². The van der Waals surface area contributed by atoms with Gasteiger partial charge in [0, 0.05) is 25.0 Å². The van der Waals surface area contributed by atoms with Crippen molar-refractivity contribution in [2.24, 2.45) is 5.92 Å². The van der Waals surface area contributed by atoms with Crippen molar-refractivity contribution in [1.82, 2.24) is 9.88 Å². The molecule has 0 aliphatic heterocycles. The third kappa shape index (κ3) is 6.12. The van der Waals surface area contributed by atoms with E-state index in [9.17, 15) is 18.0 Å². The van der Waals surface area contributed by atoms with E-state index in [1.54, 1.807) is 19.3 Å². The summed E-state index contributed by atoms with van der Waals surface area (Å²) in [5.41, 5.74) is 0.703. The molecule has 1 heterocycles. The Bertz CT molecular complexity index is 795. The summed E-state index contributed by atoms with van der Waals surface area (Å²) in [4.78, 5) is 18.6. The highest BCUT2D eigenvalue weighted by Crippen LogP contribution is 2.28. The molecule has 0 fully saturated rings. The van der Waals surface area contributed by atoms with Crippen LogP contribution in [0.4, 0.5) is 13.2 Å². The number of alkyl halides is 3. The third-order valence-electron chi connectivity index (χ3n) is 4.42. The second kappa shape index (κ2) is 9.28. The maximum absolute atomic E-state index is 12.9. The molecule has 0 spiro atoms. The van der Waals surface area contributed by atoms with E-state index in [1.165, 1.54) is 23.1 Å². The highest BCUT2D eigenvalue weighted by molar-refractivity contribution is 6.30. The summed E-state index contributed by atoms with van der Waals surface area (Å²) in [5, 5.41) is 0.540. The molecule has 2 rings (SSSR count). The van der Waals surface area contributed by atoms with Crippen LogP contribution in [0.2, 0.25) is 5.02 Å². The quantitative estimate of drug-likeness (QED) is 0.612. The van der Waals surface area contributed by atoms with E-state index >= 15 is 0 Å². The van der Waals surface area contributed by atoms with Crippen molar-refractivity contribution in [2.45, 2.75) is 39.1 Å². The van der Waals surface area contributed by atoms with Gasteiger partial charge in [-0.1, -0.05) is 37.6 Å². The van der Waals surface area contributed by atoms with Crippen molar-refractivity contribution in [2.75, 3.05) is 7.05 Å². The van der Waals surface area contributed by atoms with Crippen molar-refractivity contribution in [3.8, 4) is 5.75 Å². The molecule has 1 amide bonds. The number of hydrogen-bond acceptors (Lipinski definition) is 3. The number of carbonyl (C=O) groups is 1. The molecule has 0 saturated heterocycles. The van der Waals surface area contributed by atoms with Crippen LogP contribution in [0.25, 0.3) is 0 Å². The zero-order valence-electron chi connectivity index (χ0n) is 15.8. The Morgan fingerprint density at radius 2 is 1.89 bits per heavy atom. The smallest absolute Gasteiger partial charge is 0.405 e. The van der Waals surface area contributed by atoms with Crippen LogP contribution in [0, 0.1) is 5.92 Å². The van der Waals surface area contributed by atoms with Crippen LogP contribution in [0.1, 0.15) is 36.3 Å². The molecule has 0 N–H and O–H groups in total. The Hall–Kier alpha value is -2.28. The second-order valence-electron chi connectivity index (χ2n) is 6.78. The van der Waals surface area contributed by atoms with E-state index in [-0.39, 0.29) is 17.5 Å². The Kier molecular flexibility index (Phi) is 7.29. The first-order valence-corrected chi connectivity index (χ1v) is 9.18. The molecule has 1 aromatic heterocycles. The van der Waals surface area contributed by atoms with Gasteiger partial charge in [0.1, 0.15) is 5.75 Å². The van der Waals surface area contributed by atoms with Crippen molar-refractivity contribution < 1.29 is 22.7 Å². The van der Waals surface area contributed by atoms with Crippen LogP contribution in [0.15, 0.2) is 42.6 Å². The number of nitrogens with zero attached hydrogens (tertiary/aromatic N) is 2. The van der Waals surface area contributed by atoms with Crippen molar-refractivity contribution in [3.05, 3.63) is 58.9 Å². The number of aromatic nitrogens is 1. The SMILES string of the molecule is CC(C)[C@@H](CCc1ccc(Cl)cn1)N(C)C(=O)c1ccccc1OC(F)(F)F. The molecule has 2 aromatic rings. The molecule has 152 valence electrons. The monoisotopic (exact) mass is 414 g/mol. The van der Waals surface area contributed by atoms with Gasteiger partial charge in [-0.3, -0.25) is 9.78 Å². The molecule has 28 heavy (non-hydrogen) atoms. The molecule has 1 aromatic carbocycles. The number of aryl methyl sites for hydroxylation is 1. The highest BCUT2D eigenvalue weighted by atomic mass is 35.5. The summed E-state index contributed by atoms with van der Waals surface area (Å²) in [6, 6.07) is 8.73. The normalized spacial score (nSPS) is 12.7. The first kappa shape index (κ1) is 22.0. The van der Waals surface area contributed by atoms with Crippen molar-refractivity contribution in [1.29, 1.82) is 0 Å². The minimum absolute atomic E-state index is 0.0944. The lowest BCUT2D eigenvalue weighted by atomic mass is 9.96. The Balaban J connectivity index is 2.17.